The number of hydrogen-bond donors (Lipinski definition) is 2. The molecule has 2 heterocycles. The standard InChI is InChI=1S/C14H15BrN4O2/c1-7-8(2)17-14(18-13(7)19-16)9-5-10(15)12-11(6-9)20-3-4-21-12/h5-6H,3-4,16H2,1-2H3,(H,17,18,19). The van der Waals surface area contributed by atoms with Gasteiger partial charge >= 0.3 is 0 Å². The smallest absolute Gasteiger partial charge is 0.175 e. The van der Waals surface area contributed by atoms with Gasteiger partial charge in [0.15, 0.2) is 17.3 Å². The number of aryl methyl sites for hydroxylation is 1. The van der Waals surface area contributed by atoms with Crippen LogP contribution in [0.15, 0.2) is 16.6 Å². The van der Waals surface area contributed by atoms with E-state index < -0.39 is 0 Å². The Kier molecular flexibility index (Phi) is 3.69. The molecule has 0 unspecified atom stereocenters. The van der Waals surface area contributed by atoms with E-state index >= 15 is 0 Å². The molecule has 0 bridgehead atoms. The van der Waals surface area contributed by atoms with E-state index in [0.29, 0.717) is 36.4 Å². The number of ether oxygens (including phenoxy) is 2. The van der Waals surface area contributed by atoms with Crippen molar-refractivity contribution in [1.82, 2.24) is 9.97 Å². The number of nitrogen functional groups attached to an aromatic ring is 1. The zero-order valence-corrected chi connectivity index (χ0v) is 13.3. The van der Waals surface area contributed by atoms with Crippen molar-refractivity contribution >= 4 is 21.7 Å². The summed E-state index contributed by atoms with van der Waals surface area (Å²) in [5, 5.41) is 0. The third-order valence-corrected chi connectivity index (χ3v) is 3.97. The van der Waals surface area contributed by atoms with Gasteiger partial charge in [0.2, 0.25) is 0 Å². The highest BCUT2D eigenvalue weighted by Gasteiger charge is 2.18. The summed E-state index contributed by atoms with van der Waals surface area (Å²) in [4.78, 5) is 8.97. The van der Waals surface area contributed by atoms with Crippen molar-refractivity contribution in [2.24, 2.45) is 5.84 Å². The third-order valence-electron chi connectivity index (χ3n) is 3.38. The van der Waals surface area contributed by atoms with Gasteiger partial charge < -0.3 is 14.9 Å². The van der Waals surface area contributed by atoms with Gasteiger partial charge in [0.1, 0.15) is 19.0 Å². The lowest BCUT2D eigenvalue weighted by Gasteiger charge is -2.20. The Labute approximate surface area is 130 Å². The Morgan fingerprint density at radius 3 is 2.71 bits per heavy atom. The van der Waals surface area contributed by atoms with E-state index in [9.17, 15) is 0 Å². The van der Waals surface area contributed by atoms with E-state index in [4.69, 9.17) is 15.3 Å². The van der Waals surface area contributed by atoms with Crippen LogP contribution < -0.4 is 20.7 Å². The third kappa shape index (κ3) is 2.54. The summed E-state index contributed by atoms with van der Waals surface area (Å²) >= 11 is 3.50. The van der Waals surface area contributed by atoms with Crippen LogP contribution in [-0.4, -0.2) is 23.2 Å². The van der Waals surface area contributed by atoms with Crippen LogP contribution in [0.3, 0.4) is 0 Å². The number of nitrogens with one attached hydrogen (secondary N) is 1. The zero-order valence-electron chi connectivity index (χ0n) is 11.7. The van der Waals surface area contributed by atoms with Crippen molar-refractivity contribution in [3.63, 3.8) is 0 Å². The zero-order chi connectivity index (χ0) is 15.0. The molecular weight excluding hydrogens is 336 g/mol. The molecule has 0 spiro atoms. The molecule has 0 atom stereocenters. The van der Waals surface area contributed by atoms with Crippen LogP contribution in [0, 0.1) is 13.8 Å². The normalized spacial score (nSPS) is 13.1. The molecule has 3 N–H and O–H groups in total. The van der Waals surface area contributed by atoms with Crippen molar-refractivity contribution < 1.29 is 9.47 Å². The highest BCUT2D eigenvalue weighted by atomic mass is 79.9. The molecule has 110 valence electrons. The molecule has 2 aromatic rings. The summed E-state index contributed by atoms with van der Waals surface area (Å²) in [6.07, 6.45) is 0. The second-order valence-electron chi connectivity index (χ2n) is 4.73. The predicted molar refractivity (Wildman–Crippen MR) is 83.4 cm³/mol. The second-order valence-corrected chi connectivity index (χ2v) is 5.59. The minimum atomic E-state index is 0.534. The highest BCUT2D eigenvalue weighted by Crippen LogP contribution is 2.40. The SMILES string of the molecule is Cc1nc(-c2cc(Br)c3c(c2)OCCO3)nc(NN)c1C. The first-order chi connectivity index (χ1) is 10.1. The lowest BCUT2D eigenvalue weighted by atomic mass is 10.1. The molecule has 1 aromatic carbocycles. The lowest BCUT2D eigenvalue weighted by Crippen LogP contribution is -2.16. The van der Waals surface area contributed by atoms with Crippen molar-refractivity contribution in [2.45, 2.75) is 13.8 Å². The predicted octanol–water partition coefficient (Wildman–Crippen LogP) is 2.58. The molecule has 21 heavy (non-hydrogen) atoms. The molecule has 0 radical (unpaired) electrons. The van der Waals surface area contributed by atoms with Crippen molar-refractivity contribution in [3.05, 3.63) is 27.9 Å². The van der Waals surface area contributed by atoms with Crippen LogP contribution in [0.25, 0.3) is 11.4 Å². The van der Waals surface area contributed by atoms with E-state index in [1.165, 1.54) is 0 Å². The van der Waals surface area contributed by atoms with Crippen LogP contribution in [0.1, 0.15) is 11.3 Å². The van der Waals surface area contributed by atoms with Gasteiger partial charge in [-0.1, -0.05) is 0 Å². The Bertz CT molecular complexity index is 706. The number of fused-ring (bicyclic) bond motifs is 1. The quantitative estimate of drug-likeness (QED) is 0.639. The van der Waals surface area contributed by atoms with E-state index in [0.717, 1.165) is 21.3 Å². The van der Waals surface area contributed by atoms with Crippen molar-refractivity contribution in [3.8, 4) is 22.9 Å². The van der Waals surface area contributed by atoms with E-state index in [2.05, 4.69) is 31.3 Å². The van der Waals surface area contributed by atoms with Gasteiger partial charge in [-0.3, -0.25) is 0 Å². The molecule has 0 aliphatic carbocycles. The van der Waals surface area contributed by atoms with Gasteiger partial charge in [-0.25, -0.2) is 15.8 Å². The summed E-state index contributed by atoms with van der Waals surface area (Å²) in [6, 6.07) is 3.79. The minimum absolute atomic E-state index is 0.534. The first-order valence-corrected chi connectivity index (χ1v) is 7.31. The number of aromatic nitrogens is 2. The number of halogens is 1. The maximum absolute atomic E-state index is 5.63. The molecule has 0 saturated carbocycles. The first-order valence-electron chi connectivity index (χ1n) is 6.51. The van der Waals surface area contributed by atoms with Crippen molar-refractivity contribution in [1.29, 1.82) is 0 Å². The topological polar surface area (TPSA) is 82.3 Å². The fourth-order valence-corrected chi connectivity index (χ4v) is 2.69. The summed E-state index contributed by atoms with van der Waals surface area (Å²) in [6.45, 7) is 4.93. The van der Waals surface area contributed by atoms with Gasteiger partial charge in [-0.05, 0) is 41.9 Å². The fourth-order valence-electron chi connectivity index (χ4n) is 2.14. The van der Waals surface area contributed by atoms with Crippen LogP contribution in [0.4, 0.5) is 5.82 Å². The molecule has 0 saturated heterocycles. The second kappa shape index (κ2) is 5.50. The summed E-state index contributed by atoms with van der Waals surface area (Å²) < 4.78 is 12.0. The van der Waals surface area contributed by atoms with E-state index in [1.807, 2.05) is 26.0 Å². The maximum atomic E-state index is 5.63. The molecule has 1 aliphatic heterocycles. The number of nitrogens with two attached hydrogens (primary N) is 1. The number of hydrogen-bond acceptors (Lipinski definition) is 6. The average Bonchev–Trinajstić information content (AvgIpc) is 2.50. The maximum Gasteiger partial charge on any atom is 0.175 e. The summed E-state index contributed by atoms with van der Waals surface area (Å²) in [5.41, 5.74) is 5.25. The van der Waals surface area contributed by atoms with Gasteiger partial charge in [-0.15, -0.1) is 0 Å². The number of benzene rings is 1. The first kappa shape index (κ1) is 14.1. The minimum Gasteiger partial charge on any atom is -0.486 e. The molecular formula is C14H15BrN4O2. The molecule has 0 amide bonds. The van der Waals surface area contributed by atoms with Crippen LogP contribution >= 0.6 is 15.9 Å². The Hall–Kier alpha value is -1.86. The van der Waals surface area contributed by atoms with E-state index in [1.54, 1.807) is 0 Å². The summed E-state index contributed by atoms with van der Waals surface area (Å²) in [5.74, 6) is 8.12. The molecule has 0 fully saturated rings. The lowest BCUT2D eigenvalue weighted by molar-refractivity contribution is 0.170. The highest BCUT2D eigenvalue weighted by molar-refractivity contribution is 9.10. The summed E-state index contributed by atoms with van der Waals surface area (Å²) in [7, 11) is 0. The number of rotatable bonds is 2. The molecule has 1 aromatic heterocycles. The number of anilines is 1. The Balaban J connectivity index is 2.13. The number of hydrazine groups is 1. The van der Waals surface area contributed by atoms with Gasteiger partial charge in [0, 0.05) is 16.8 Å². The van der Waals surface area contributed by atoms with Gasteiger partial charge in [-0.2, -0.15) is 0 Å². The fraction of sp³-hybridized carbons (Fsp3) is 0.286. The monoisotopic (exact) mass is 350 g/mol. The van der Waals surface area contributed by atoms with Crippen LogP contribution in [0.5, 0.6) is 11.5 Å². The molecule has 7 heteroatoms. The molecule has 6 nitrogen and oxygen atoms in total. The van der Waals surface area contributed by atoms with Gasteiger partial charge in [0.05, 0.1) is 4.47 Å². The van der Waals surface area contributed by atoms with Crippen molar-refractivity contribution in [2.75, 3.05) is 18.6 Å². The number of nitrogens with zero attached hydrogens (tertiary/aromatic N) is 2. The molecule has 3 rings (SSSR count). The van der Waals surface area contributed by atoms with Crippen LogP contribution in [0.2, 0.25) is 0 Å². The Morgan fingerprint density at radius 1 is 1.19 bits per heavy atom. The molecule has 1 aliphatic rings. The van der Waals surface area contributed by atoms with Crippen LogP contribution in [-0.2, 0) is 0 Å². The average molecular weight is 351 g/mol. The largest absolute Gasteiger partial charge is 0.486 e. The Morgan fingerprint density at radius 2 is 1.95 bits per heavy atom. The van der Waals surface area contributed by atoms with E-state index in [-0.39, 0.29) is 0 Å². The van der Waals surface area contributed by atoms with Gasteiger partial charge in [0.25, 0.3) is 0 Å².